The van der Waals surface area contributed by atoms with Crippen molar-refractivity contribution in [3.8, 4) is 0 Å². The lowest BCUT2D eigenvalue weighted by atomic mass is 9.91. The Balaban J connectivity index is 2.23. The molecule has 5 heteroatoms. The van der Waals surface area contributed by atoms with E-state index < -0.39 is 13.4 Å². The van der Waals surface area contributed by atoms with E-state index in [2.05, 4.69) is 0 Å². The van der Waals surface area contributed by atoms with Gasteiger partial charge in [0, 0.05) is 6.04 Å². The molecule has 1 aliphatic rings. The van der Waals surface area contributed by atoms with E-state index in [4.69, 9.17) is 0 Å². The van der Waals surface area contributed by atoms with Gasteiger partial charge in [0.1, 0.15) is 0 Å². The van der Waals surface area contributed by atoms with E-state index in [0.717, 1.165) is 12.8 Å². The van der Waals surface area contributed by atoms with Crippen molar-refractivity contribution in [2.75, 3.05) is 13.5 Å². The minimum atomic E-state index is -4.61. The highest BCUT2D eigenvalue weighted by atomic mass is 19.4. The first kappa shape index (κ1) is 7.92. The second kappa shape index (κ2) is 2.45. The average Bonchev–Trinajstić information content (AvgIpc) is 2.35. The van der Waals surface area contributed by atoms with Gasteiger partial charge in [0.25, 0.3) is 0 Å². The summed E-state index contributed by atoms with van der Waals surface area (Å²) in [6.45, 7) is -4.61. The third-order valence-corrected chi connectivity index (χ3v) is 1.67. The molecule has 0 N–H and O–H groups in total. The molecule has 0 radical (unpaired) electrons. The fourth-order valence-electron chi connectivity index (χ4n) is 0.991. The van der Waals surface area contributed by atoms with Gasteiger partial charge >= 0.3 is 6.98 Å². The van der Waals surface area contributed by atoms with Crippen LogP contribution in [-0.4, -0.2) is 31.4 Å². The second-order valence-corrected chi connectivity index (χ2v) is 2.88. The molecular formula is C5H10BF3N-. The molecule has 0 bridgehead atoms. The molecule has 0 spiro atoms. The average molecular weight is 152 g/mol. The molecule has 0 unspecified atom stereocenters. The van der Waals surface area contributed by atoms with Crippen molar-refractivity contribution < 1.29 is 12.9 Å². The third-order valence-electron chi connectivity index (χ3n) is 1.67. The van der Waals surface area contributed by atoms with E-state index in [0.29, 0.717) is 0 Å². The van der Waals surface area contributed by atoms with Crippen molar-refractivity contribution in [1.82, 2.24) is 4.90 Å². The molecule has 1 aliphatic carbocycles. The largest absolute Gasteiger partial charge is 0.492 e. The van der Waals surface area contributed by atoms with E-state index in [1.807, 2.05) is 0 Å². The molecule has 1 rings (SSSR count). The fraction of sp³-hybridized carbons (Fsp3) is 1.00. The molecule has 10 heavy (non-hydrogen) atoms. The van der Waals surface area contributed by atoms with E-state index in [9.17, 15) is 12.9 Å². The van der Waals surface area contributed by atoms with Crippen LogP contribution in [0.25, 0.3) is 0 Å². The molecule has 0 saturated heterocycles. The lowest BCUT2D eigenvalue weighted by Gasteiger charge is -2.22. The number of hydrogen-bond donors (Lipinski definition) is 0. The molecule has 0 aromatic carbocycles. The minimum Gasteiger partial charge on any atom is -0.448 e. The zero-order valence-corrected chi connectivity index (χ0v) is 5.86. The van der Waals surface area contributed by atoms with Gasteiger partial charge in [0.2, 0.25) is 0 Å². The summed E-state index contributed by atoms with van der Waals surface area (Å²) in [6.07, 6.45) is 1.16. The Morgan fingerprint density at radius 3 is 2.20 bits per heavy atom. The molecule has 1 saturated carbocycles. The number of hydrogen-bond acceptors (Lipinski definition) is 1. The molecule has 0 atom stereocenters. The van der Waals surface area contributed by atoms with Crippen molar-refractivity contribution in [1.29, 1.82) is 0 Å². The van der Waals surface area contributed by atoms with Gasteiger partial charge in [-0.15, -0.1) is 0 Å². The predicted molar refractivity (Wildman–Crippen MR) is 34.7 cm³/mol. The standard InChI is InChI=1S/C5H10BF3N/c1-10(5-2-3-5)4-6(7,8)9/h5H,2-4H2,1H3/q-1. The Morgan fingerprint density at radius 2 is 1.90 bits per heavy atom. The zero-order chi connectivity index (χ0) is 7.78. The monoisotopic (exact) mass is 152 g/mol. The number of rotatable bonds is 3. The highest BCUT2D eigenvalue weighted by Gasteiger charge is 2.32. The molecule has 60 valence electrons. The summed E-state index contributed by atoms with van der Waals surface area (Å²) < 4.78 is 35.1. The number of halogens is 3. The van der Waals surface area contributed by atoms with Gasteiger partial charge in [-0.1, -0.05) is 0 Å². The van der Waals surface area contributed by atoms with Crippen LogP contribution in [0.2, 0.25) is 0 Å². The molecule has 0 heterocycles. The van der Waals surface area contributed by atoms with Crippen LogP contribution >= 0.6 is 0 Å². The van der Waals surface area contributed by atoms with Crippen LogP contribution in [0.3, 0.4) is 0 Å². The van der Waals surface area contributed by atoms with Crippen molar-refractivity contribution >= 4 is 6.98 Å². The van der Waals surface area contributed by atoms with Gasteiger partial charge in [0.15, 0.2) is 0 Å². The summed E-state index contributed by atoms with van der Waals surface area (Å²) in [7, 11) is 1.53. The van der Waals surface area contributed by atoms with Crippen molar-refractivity contribution in [3.63, 3.8) is 0 Å². The third kappa shape index (κ3) is 2.60. The van der Waals surface area contributed by atoms with Crippen LogP contribution in [0.4, 0.5) is 12.9 Å². The van der Waals surface area contributed by atoms with Crippen molar-refractivity contribution in [3.05, 3.63) is 0 Å². The number of nitrogens with zero attached hydrogens (tertiary/aromatic N) is 1. The van der Waals surface area contributed by atoms with Gasteiger partial charge in [-0.2, -0.15) is 0 Å². The van der Waals surface area contributed by atoms with Crippen LogP contribution in [0.5, 0.6) is 0 Å². The van der Waals surface area contributed by atoms with E-state index in [1.54, 1.807) is 0 Å². The summed E-state index contributed by atoms with van der Waals surface area (Å²) in [5.41, 5.74) is 0. The quantitative estimate of drug-likeness (QED) is 0.553. The summed E-state index contributed by atoms with van der Waals surface area (Å²) in [6, 6.07) is 0.212. The zero-order valence-electron chi connectivity index (χ0n) is 5.86. The Morgan fingerprint density at radius 1 is 1.40 bits per heavy atom. The Labute approximate surface area is 58.3 Å². The maximum atomic E-state index is 11.7. The molecule has 0 amide bonds. The smallest absolute Gasteiger partial charge is 0.448 e. The van der Waals surface area contributed by atoms with Crippen LogP contribution in [0.1, 0.15) is 12.8 Å². The summed E-state index contributed by atoms with van der Waals surface area (Å²) in [4.78, 5) is 1.39. The van der Waals surface area contributed by atoms with Gasteiger partial charge < -0.3 is 17.8 Å². The highest BCUT2D eigenvalue weighted by molar-refractivity contribution is 6.58. The summed E-state index contributed by atoms with van der Waals surface area (Å²) in [5.74, 6) is 0. The first-order valence-electron chi connectivity index (χ1n) is 3.40. The Hall–Kier alpha value is -0.185. The molecule has 1 fully saturated rings. The summed E-state index contributed by atoms with van der Waals surface area (Å²) in [5, 5.41) is 0. The van der Waals surface area contributed by atoms with Crippen LogP contribution in [0, 0.1) is 0 Å². The van der Waals surface area contributed by atoms with Crippen molar-refractivity contribution in [2.45, 2.75) is 18.9 Å². The maximum absolute atomic E-state index is 11.7. The first-order chi connectivity index (χ1) is 4.49. The Bertz CT molecular complexity index is 121. The van der Waals surface area contributed by atoms with Crippen molar-refractivity contribution in [2.24, 2.45) is 0 Å². The molecule has 1 nitrogen and oxygen atoms in total. The molecule has 0 aromatic heterocycles. The maximum Gasteiger partial charge on any atom is 0.492 e. The second-order valence-electron chi connectivity index (χ2n) is 2.88. The lowest BCUT2D eigenvalue weighted by Crippen LogP contribution is -2.36. The highest BCUT2D eigenvalue weighted by Crippen LogP contribution is 2.26. The van der Waals surface area contributed by atoms with Crippen LogP contribution in [-0.2, 0) is 0 Å². The summed E-state index contributed by atoms with van der Waals surface area (Å²) >= 11 is 0. The fourth-order valence-corrected chi connectivity index (χ4v) is 0.991. The normalized spacial score (nSPS) is 20.1. The Kier molecular flexibility index (Phi) is 1.94. The van der Waals surface area contributed by atoms with Gasteiger partial charge in [0.05, 0.1) is 0 Å². The first-order valence-corrected chi connectivity index (χ1v) is 3.40. The van der Waals surface area contributed by atoms with E-state index in [-0.39, 0.29) is 6.04 Å². The topological polar surface area (TPSA) is 3.24 Å². The SMILES string of the molecule is CN(C[B-](F)(F)F)C1CC1. The van der Waals surface area contributed by atoms with Gasteiger partial charge in [-0.25, -0.2) is 0 Å². The minimum absolute atomic E-state index is 0.212. The van der Waals surface area contributed by atoms with Gasteiger partial charge in [-0.05, 0) is 26.3 Å². The van der Waals surface area contributed by atoms with Crippen LogP contribution in [0.15, 0.2) is 0 Å². The van der Waals surface area contributed by atoms with E-state index >= 15 is 0 Å². The van der Waals surface area contributed by atoms with Gasteiger partial charge in [-0.3, -0.25) is 0 Å². The molecular weight excluding hydrogens is 142 g/mol. The lowest BCUT2D eigenvalue weighted by molar-refractivity contribution is 0.320. The predicted octanol–water partition coefficient (Wildman–Crippen LogP) is 1.47. The molecule has 0 aliphatic heterocycles. The molecule has 0 aromatic rings. The van der Waals surface area contributed by atoms with Crippen LogP contribution < -0.4 is 0 Å². The van der Waals surface area contributed by atoms with E-state index in [1.165, 1.54) is 11.9 Å².